The molecule has 32 heavy (non-hydrogen) atoms. The molecule has 4 rings (SSSR count). The number of hydrogen-bond acceptors (Lipinski definition) is 7. The fraction of sp³-hybridized carbons (Fsp3) is 0.318. The standard InChI is InChI=1S/C22H22N4O6/c1-2-31-22(28)15-9-11-24(12-10-15)21(27)19-14-18(20-4-3-13-32-20)23-25(19)16-5-7-17(8-6-16)26(29)30/h3-8,13-15H,2,9-12H2,1H3. The van der Waals surface area contributed by atoms with Crippen molar-refractivity contribution >= 4 is 17.6 Å². The maximum Gasteiger partial charge on any atom is 0.309 e. The van der Waals surface area contributed by atoms with Gasteiger partial charge in [-0.3, -0.25) is 19.7 Å². The summed E-state index contributed by atoms with van der Waals surface area (Å²) >= 11 is 0. The van der Waals surface area contributed by atoms with Gasteiger partial charge in [0.2, 0.25) is 0 Å². The molecule has 10 nitrogen and oxygen atoms in total. The molecule has 3 aromatic rings. The number of benzene rings is 1. The number of nitro benzene ring substituents is 1. The smallest absolute Gasteiger partial charge is 0.309 e. The van der Waals surface area contributed by atoms with Crippen molar-refractivity contribution in [3.63, 3.8) is 0 Å². The number of nitrogens with zero attached hydrogens (tertiary/aromatic N) is 4. The molecule has 0 N–H and O–H groups in total. The Morgan fingerprint density at radius 2 is 1.94 bits per heavy atom. The lowest BCUT2D eigenvalue weighted by atomic mass is 9.97. The van der Waals surface area contributed by atoms with Gasteiger partial charge >= 0.3 is 5.97 Å². The van der Waals surface area contributed by atoms with Crippen LogP contribution in [0, 0.1) is 16.0 Å². The van der Waals surface area contributed by atoms with Crippen molar-refractivity contribution in [2.45, 2.75) is 19.8 Å². The Kier molecular flexibility index (Phi) is 6.02. The molecule has 10 heteroatoms. The lowest BCUT2D eigenvalue weighted by Crippen LogP contribution is -2.41. The molecule has 0 unspecified atom stereocenters. The second-order valence-electron chi connectivity index (χ2n) is 7.40. The molecule has 166 valence electrons. The van der Waals surface area contributed by atoms with Crippen LogP contribution < -0.4 is 0 Å². The van der Waals surface area contributed by atoms with E-state index in [1.807, 2.05) is 0 Å². The minimum absolute atomic E-state index is 0.0546. The van der Waals surface area contributed by atoms with Crippen LogP contribution in [-0.4, -0.2) is 51.2 Å². The third-order valence-corrected chi connectivity index (χ3v) is 5.41. The summed E-state index contributed by atoms with van der Waals surface area (Å²) in [7, 11) is 0. The van der Waals surface area contributed by atoms with Crippen LogP contribution in [0.3, 0.4) is 0 Å². The SMILES string of the molecule is CCOC(=O)C1CCN(C(=O)c2cc(-c3ccco3)nn2-c2ccc([N+](=O)[O-])cc2)CC1. The Morgan fingerprint density at radius 1 is 1.22 bits per heavy atom. The Morgan fingerprint density at radius 3 is 2.53 bits per heavy atom. The first-order valence-corrected chi connectivity index (χ1v) is 10.3. The van der Waals surface area contributed by atoms with Crippen LogP contribution in [0.15, 0.2) is 53.1 Å². The van der Waals surface area contributed by atoms with Gasteiger partial charge in [0.15, 0.2) is 5.76 Å². The maximum absolute atomic E-state index is 13.4. The first-order chi connectivity index (χ1) is 15.5. The summed E-state index contributed by atoms with van der Waals surface area (Å²) in [6, 6.07) is 10.9. The van der Waals surface area contributed by atoms with Gasteiger partial charge in [-0.15, -0.1) is 0 Å². The summed E-state index contributed by atoms with van der Waals surface area (Å²) < 4.78 is 12.0. The second-order valence-corrected chi connectivity index (χ2v) is 7.40. The van der Waals surface area contributed by atoms with Gasteiger partial charge in [-0.1, -0.05) is 0 Å². The van der Waals surface area contributed by atoms with E-state index in [1.54, 1.807) is 42.2 Å². The number of non-ortho nitro benzene ring substituents is 1. The molecule has 1 aliphatic heterocycles. The number of likely N-dealkylation sites (tertiary alicyclic amines) is 1. The highest BCUT2D eigenvalue weighted by molar-refractivity contribution is 5.94. The van der Waals surface area contributed by atoms with E-state index in [4.69, 9.17) is 9.15 Å². The largest absolute Gasteiger partial charge is 0.466 e. The Hall–Kier alpha value is -3.95. The number of hydrogen-bond donors (Lipinski definition) is 0. The molecule has 0 spiro atoms. The number of rotatable bonds is 6. The third-order valence-electron chi connectivity index (χ3n) is 5.41. The summed E-state index contributed by atoms with van der Waals surface area (Å²) in [5.74, 6) is -0.176. The zero-order chi connectivity index (χ0) is 22.7. The van der Waals surface area contributed by atoms with Gasteiger partial charge in [-0.25, -0.2) is 4.68 Å². The van der Waals surface area contributed by atoms with Gasteiger partial charge in [0.25, 0.3) is 11.6 Å². The van der Waals surface area contributed by atoms with Crippen LogP contribution in [0.1, 0.15) is 30.3 Å². The molecule has 1 aromatic carbocycles. The molecule has 0 radical (unpaired) electrons. The van der Waals surface area contributed by atoms with E-state index in [1.165, 1.54) is 23.1 Å². The first-order valence-electron chi connectivity index (χ1n) is 10.3. The molecule has 0 bridgehead atoms. The molecule has 1 aliphatic rings. The quantitative estimate of drug-likeness (QED) is 0.328. The van der Waals surface area contributed by atoms with Gasteiger partial charge < -0.3 is 14.1 Å². The lowest BCUT2D eigenvalue weighted by Gasteiger charge is -2.30. The van der Waals surface area contributed by atoms with Gasteiger partial charge in [-0.05, 0) is 44.0 Å². The predicted octanol–water partition coefficient (Wildman–Crippen LogP) is 3.46. The summed E-state index contributed by atoms with van der Waals surface area (Å²) in [5.41, 5.74) is 1.23. The average molecular weight is 438 g/mol. The fourth-order valence-electron chi connectivity index (χ4n) is 3.73. The molecule has 0 saturated carbocycles. The zero-order valence-electron chi connectivity index (χ0n) is 17.5. The van der Waals surface area contributed by atoms with Gasteiger partial charge in [0.05, 0.1) is 29.4 Å². The molecule has 1 saturated heterocycles. The monoisotopic (exact) mass is 438 g/mol. The van der Waals surface area contributed by atoms with E-state index in [0.29, 0.717) is 55.4 Å². The summed E-state index contributed by atoms with van der Waals surface area (Å²) in [6.07, 6.45) is 2.57. The van der Waals surface area contributed by atoms with Crippen LogP contribution in [0.4, 0.5) is 5.69 Å². The molecular weight excluding hydrogens is 416 g/mol. The normalized spacial score (nSPS) is 14.3. The van der Waals surface area contributed by atoms with Gasteiger partial charge in [-0.2, -0.15) is 5.10 Å². The molecule has 1 amide bonds. The number of carbonyl (C=O) groups excluding carboxylic acids is 2. The van der Waals surface area contributed by atoms with E-state index in [0.717, 1.165) is 0 Å². The highest BCUT2D eigenvalue weighted by Crippen LogP contribution is 2.26. The van der Waals surface area contributed by atoms with Crippen molar-refractivity contribution < 1.29 is 23.7 Å². The van der Waals surface area contributed by atoms with Crippen molar-refractivity contribution in [1.82, 2.24) is 14.7 Å². The van der Waals surface area contributed by atoms with Crippen LogP contribution >= 0.6 is 0 Å². The number of piperidine rings is 1. The number of furan rings is 1. The molecule has 0 aliphatic carbocycles. The number of ether oxygens (including phenoxy) is 1. The predicted molar refractivity (Wildman–Crippen MR) is 113 cm³/mol. The average Bonchev–Trinajstić information content (AvgIpc) is 3.49. The highest BCUT2D eigenvalue weighted by atomic mass is 16.6. The number of esters is 1. The minimum Gasteiger partial charge on any atom is -0.466 e. The van der Waals surface area contributed by atoms with Crippen LogP contribution in [-0.2, 0) is 9.53 Å². The van der Waals surface area contributed by atoms with Crippen LogP contribution in [0.2, 0.25) is 0 Å². The number of aromatic nitrogens is 2. The highest BCUT2D eigenvalue weighted by Gasteiger charge is 2.31. The molecule has 3 heterocycles. The van der Waals surface area contributed by atoms with Gasteiger partial charge in [0.1, 0.15) is 11.4 Å². The van der Waals surface area contributed by atoms with E-state index < -0.39 is 4.92 Å². The summed E-state index contributed by atoms with van der Waals surface area (Å²) in [4.78, 5) is 37.5. The van der Waals surface area contributed by atoms with Crippen molar-refractivity contribution in [2.24, 2.45) is 5.92 Å². The molecule has 0 atom stereocenters. The minimum atomic E-state index is -0.485. The summed E-state index contributed by atoms with van der Waals surface area (Å²) in [5, 5.41) is 15.5. The maximum atomic E-state index is 13.4. The lowest BCUT2D eigenvalue weighted by molar-refractivity contribution is -0.384. The molecule has 2 aromatic heterocycles. The zero-order valence-corrected chi connectivity index (χ0v) is 17.5. The number of carbonyl (C=O) groups is 2. The molecule has 1 fully saturated rings. The molecular formula is C22H22N4O6. The Bertz CT molecular complexity index is 1110. The third kappa shape index (κ3) is 4.25. The Balaban J connectivity index is 1.62. The van der Waals surface area contributed by atoms with Crippen molar-refractivity contribution in [2.75, 3.05) is 19.7 Å². The number of nitro groups is 1. The summed E-state index contributed by atoms with van der Waals surface area (Å²) in [6.45, 7) is 2.95. The topological polar surface area (TPSA) is 121 Å². The van der Waals surface area contributed by atoms with Crippen molar-refractivity contribution in [3.8, 4) is 17.1 Å². The van der Waals surface area contributed by atoms with E-state index >= 15 is 0 Å². The van der Waals surface area contributed by atoms with Crippen molar-refractivity contribution in [3.05, 3.63) is 64.5 Å². The van der Waals surface area contributed by atoms with E-state index in [2.05, 4.69) is 5.10 Å². The van der Waals surface area contributed by atoms with Crippen LogP contribution in [0.5, 0.6) is 0 Å². The second kappa shape index (κ2) is 9.04. The Labute approximate surface area is 183 Å². The van der Waals surface area contributed by atoms with Crippen molar-refractivity contribution in [1.29, 1.82) is 0 Å². The number of amides is 1. The van der Waals surface area contributed by atoms with E-state index in [9.17, 15) is 19.7 Å². The van der Waals surface area contributed by atoms with Gasteiger partial charge in [0, 0.05) is 31.3 Å². The first kappa shape index (κ1) is 21.3. The van der Waals surface area contributed by atoms with Crippen LogP contribution in [0.25, 0.3) is 17.1 Å². The fourth-order valence-corrected chi connectivity index (χ4v) is 3.73. The van der Waals surface area contributed by atoms with E-state index in [-0.39, 0.29) is 23.5 Å².